The molecule has 0 spiro atoms. The zero-order valence-corrected chi connectivity index (χ0v) is 15.2. The largest absolute Gasteiger partial charge is 0.352 e. The molecule has 130 valence electrons. The molecule has 0 bridgehead atoms. The molecule has 0 aliphatic rings. The normalized spacial score (nSPS) is 10.8. The van der Waals surface area contributed by atoms with Crippen LogP contribution < -0.4 is 5.32 Å². The topological polar surface area (TPSA) is 29.9 Å². The molecule has 0 saturated carbocycles. The number of imidazole rings is 1. The standard InChI is InChI=1S/C22H27N3/c1-3-4-15-21-20(16-18-11-7-5-8-12-18)24-22(25(21)2)23-17-19-13-9-6-10-14-19/h5-14H,3-4,15-17H2,1-2H3,(H,23,24). The van der Waals surface area contributed by atoms with E-state index in [9.17, 15) is 0 Å². The molecule has 2 aromatic carbocycles. The summed E-state index contributed by atoms with van der Waals surface area (Å²) in [6, 6.07) is 21.1. The molecule has 0 radical (unpaired) electrons. The average Bonchev–Trinajstić information content (AvgIpc) is 2.95. The first kappa shape index (κ1) is 17.3. The summed E-state index contributed by atoms with van der Waals surface area (Å²) in [5.41, 5.74) is 5.12. The molecule has 3 aromatic rings. The van der Waals surface area contributed by atoms with Crippen molar-refractivity contribution in [3.05, 3.63) is 83.2 Å². The zero-order valence-electron chi connectivity index (χ0n) is 15.2. The van der Waals surface area contributed by atoms with Crippen LogP contribution in [0, 0.1) is 0 Å². The van der Waals surface area contributed by atoms with Gasteiger partial charge in [-0.1, -0.05) is 74.0 Å². The number of rotatable bonds is 8. The Morgan fingerprint density at radius 2 is 1.56 bits per heavy atom. The van der Waals surface area contributed by atoms with Crippen LogP contribution in [0.15, 0.2) is 60.7 Å². The van der Waals surface area contributed by atoms with E-state index in [0.717, 1.165) is 25.3 Å². The number of nitrogens with one attached hydrogen (secondary N) is 1. The molecule has 25 heavy (non-hydrogen) atoms. The maximum atomic E-state index is 4.92. The minimum absolute atomic E-state index is 0.795. The summed E-state index contributed by atoms with van der Waals surface area (Å²) >= 11 is 0. The van der Waals surface area contributed by atoms with Gasteiger partial charge in [-0.3, -0.25) is 0 Å². The molecule has 1 N–H and O–H groups in total. The van der Waals surface area contributed by atoms with Crippen LogP contribution >= 0.6 is 0 Å². The Labute approximate surface area is 150 Å². The number of unbranched alkanes of at least 4 members (excludes halogenated alkanes) is 1. The highest BCUT2D eigenvalue weighted by atomic mass is 15.2. The molecular weight excluding hydrogens is 306 g/mol. The van der Waals surface area contributed by atoms with E-state index in [1.165, 1.54) is 35.4 Å². The number of aromatic nitrogens is 2. The lowest BCUT2D eigenvalue weighted by Crippen LogP contribution is -2.06. The molecule has 1 heterocycles. The zero-order chi connectivity index (χ0) is 17.5. The maximum absolute atomic E-state index is 4.92. The van der Waals surface area contributed by atoms with Crippen LogP contribution in [-0.2, 0) is 26.4 Å². The minimum atomic E-state index is 0.795. The Hall–Kier alpha value is -2.55. The van der Waals surface area contributed by atoms with Crippen molar-refractivity contribution in [3.63, 3.8) is 0 Å². The number of nitrogens with zero attached hydrogens (tertiary/aromatic N) is 2. The predicted molar refractivity (Wildman–Crippen MR) is 105 cm³/mol. The van der Waals surface area contributed by atoms with E-state index in [4.69, 9.17) is 4.98 Å². The van der Waals surface area contributed by atoms with Crippen LogP contribution in [0.3, 0.4) is 0 Å². The van der Waals surface area contributed by atoms with Gasteiger partial charge in [0.15, 0.2) is 0 Å². The molecule has 0 saturated heterocycles. The molecule has 3 nitrogen and oxygen atoms in total. The molecule has 0 unspecified atom stereocenters. The number of hydrogen-bond acceptors (Lipinski definition) is 2. The highest BCUT2D eigenvalue weighted by Gasteiger charge is 2.14. The first-order valence-electron chi connectivity index (χ1n) is 9.14. The van der Waals surface area contributed by atoms with Crippen molar-refractivity contribution in [2.24, 2.45) is 7.05 Å². The van der Waals surface area contributed by atoms with E-state index in [0.29, 0.717) is 0 Å². The molecule has 0 aliphatic carbocycles. The highest BCUT2D eigenvalue weighted by molar-refractivity contribution is 5.37. The summed E-state index contributed by atoms with van der Waals surface area (Å²) < 4.78 is 2.23. The second-order valence-corrected chi connectivity index (χ2v) is 6.49. The van der Waals surface area contributed by atoms with Gasteiger partial charge in [0.25, 0.3) is 0 Å². The molecule has 1 aromatic heterocycles. The summed E-state index contributed by atoms with van der Waals surface area (Å²) in [5.74, 6) is 0.959. The average molecular weight is 333 g/mol. The summed E-state index contributed by atoms with van der Waals surface area (Å²) in [4.78, 5) is 4.92. The monoisotopic (exact) mass is 333 g/mol. The van der Waals surface area contributed by atoms with Gasteiger partial charge >= 0.3 is 0 Å². The van der Waals surface area contributed by atoms with Crippen molar-refractivity contribution in [1.29, 1.82) is 0 Å². The van der Waals surface area contributed by atoms with Gasteiger partial charge in [-0.05, 0) is 24.0 Å². The fraction of sp³-hybridized carbons (Fsp3) is 0.318. The van der Waals surface area contributed by atoms with E-state index in [1.54, 1.807) is 0 Å². The Kier molecular flexibility index (Phi) is 5.89. The van der Waals surface area contributed by atoms with Gasteiger partial charge in [-0.25, -0.2) is 4.98 Å². The maximum Gasteiger partial charge on any atom is 0.203 e. The molecule has 3 rings (SSSR count). The minimum Gasteiger partial charge on any atom is -0.352 e. The number of hydrogen-bond donors (Lipinski definition) is 1. The van der Waals surface area contributed by atoms with Crippen molar-refractivity contribution in [2.75, 3.05) is 5.32 Å². The van der Waals surface area contributed by atoms with Gasteiger partial charge in [0.2, 0.25) is 5.95 Å². The van der Waals surface area contributed by atoms with Gasteiger partial charge in [0, 0.05) is 25.7 Å². The summed E-state index contributed by atoms with van der Waals surface area (Å²) in [5, 5.41) is 3.50. The summed E-state index contributed by atoms with van der Waals surface area (Å²) in [6.07, 6.45) is 4.36. The quantitative estimate of drug-likeness (QED) is 0.631. The fourth-order valence-corrected chi connectivity index (χ4v) is 3.11. The lowest BCUT2D eigenvalue weighted by atomic mass is 10.1. The van der Waals surface area contributed by atoms with Gasteiger partial charge in [0.05, 0.1) is 5.69 Å². The van der Waals surface area contributed by atoms with Gasteiger partial charge in [0.1, 0.15) is 0 Å². The van der Waals surface area contributed by atoms with E-state index in [2.05, 4.69) is 78.5 Å². The third-order valence-corrected chi connectivity index (χ3v) is 4.57. The first-order chi connectivity index (χ1) is 12.3. The molecule has 0 atom stereocenters. The molecule has 0 fully saturated rings. The van der Waals surface area contributed by atoms with Crippen molar-refractivity contribution in [3.8, 4) is 0 Å². The Bertz CT molecular complexity index is 776. The molecular formula is C22H27N3. The number of anilines is 1. The Balaban J connectivity index is 1.80. The summed E-state index contributed by atoms with van der Waals surface area (Å²) in [7, 11) is 2.12. The van der Waals surface area contributed by atoms with E-state index in [-0.39, 0.29) is 0 Å². The van der Waals surface area contributed by atoms with Crippen LogP contribution in [0.4, 0.5) is 5.95 Å². The molecule has 3 heteroatoms. The second-order valence-electron chi connectivity index (χ2n) is 6.49. The van der Waals surface area contributed by atoms with Crippen molar-refractivity contribution in [2.45, 2.75) is 39.2 Å². The van der Waals surface area contributed by atoms with Crippen LogP contribution in [0.25, 0.3) is 0 Å². The lowest BCUT2D eigenvalue weighted by Gasteiger charge is -2.08. The van der Waals surface area contributed by atoms with Crippen molar-refractivity contribution in [1.82, 2.24) is 9.55 Å². The lowest BCUT2D eigenvalue weighted by molar-refractivity contribution is 0.727. The molecule has 0 amide bonds. The fourth-order valence-electron chi connectivity index (χ4n) is 3.11. The SMILES string of the molecule is CCCCc1c(Cc2ccccc2)nc(NCc2ccccc2)n1C. The van der Waals surface area contributed by atoms with Crippen molar-refractivity contribution >= 4 is 5.95 Å². The number of benzene rings is 2. The summed E-state index contributed by atoms with van der Waals surface area (Å²) in [6.45, 7) is 3.03. The van der Waals surface area contributed by atoms with Gasteiger partial charge < -0.3 is 9.88 Å². The van der Waals surface area contributed by atoms with Crippen molar-refractivity contribution < 1.29 is 0 Å². The first-order valence-corrected chi connectivity index (χ1v) is 9.14. The van der Waals surface area contributed by atoms with E-state index >= 15 is 0 Å². The van der Waals surface area contributed by atoms with Gasteiger partial charge in [-0.15, -0.1) is 0 Å². The van der Waals surface area contributed by atoms with Crippen LogP contribution in [0.5, 0.6) is 0 Å². The Morgan fingerprint density at radius 1 is 0.920 bits per heavy atom. The van der Waals surface area contributed by atoms with E-state index in [1.807, 2.05) is 6.07 Å². The third kappa shape index (κ3) is 4.50. The van der Waals surface area contributed by atoms with Crippen LogP contribution in [-0.4, -0.2) is 9.55 Å². The van der Waals surface area contributed by atoms with Crippen LogP contribution in [0.2, 0.25) is 0 Å². The Morgan fingerprint density at radius 3 is 2.20 bits per heavy atom. The molecule has 0 aliphatic heterocycles. The predicted octanol–water partition coefficient (Wildman–Crippen LogP) is 4.97. The second kappa shape index (κ2) is 8.52. The van der Waals surface area contributed by atoms with Crippen LogP contribution in [0.1, 0.15) is 42.3 Å². The highest BCUT2D eigenvalue weighted by Crippen LogP contribution is 2.21. The third-order valence-electron chi connectivity index (χ3n) is 4.57. The smallest absolute Gasteiger partial charge is 0.203 e. The van der Waals surface area contributed by atoms with E-state index < -0.39 is 0 Å². The van der Waals surface area contributed by atoms with Gasteiger partial charge in [-0.2, -0.15) is 0 Å².